The van der Waals surface area contributed by atoms with Crippen LogP contribution in [0.15, 0.2) is 24.1 Å². The van der Waals surface area contributed by atoms with E-state index in [2.05, 4.69) is 30.4 Å². The topological polar surface area (TPSA) is 38.0 Å². The van der Waals surface area contributed by atoms with Crippen molar-refractivity contribution in [1.29, 1.82) is 0 Å². The Kier molecular flexibility index (Phi) is 2.82. The Morgan fingerprint density at radius 2 is 2.55 bits per heavy atom. The predicted molar refractivity (Wildman–Crippen MR) is 49.3 cm³/mol. The van der Waals surface area contributed by atoms with Gasteiger partial charge in [0.2, 0.25) is 0 Å². The highest BCUT2D eigenvalue weighted by molar-refractivity contribution is 7.10. The van der Waals surface area contributed by atoms with Crippen molar-refractivity contribution >= 4 is 11.3 Å². The first-order valence-corrected chi connectivity index (χ1v) is 4.30. The lowest BCUT2D eigenvalue weighted by atomic mass is 10.2. The first-order valence-electron chi connectivity index (χ1n) is 3.42. The first kappa shape index (κ1) is 8.46. The van der Waals surface area contributed by atoms with Gasteiger partial charge in [-0.15, -0.1) is 17.9 Å². The van der Waals surface area contributed by atoms with Crippen molar-refractivity contribution in [2.75, 3.05) is 0 Å². The molecule has 0 saturated heterocycles. The Morgan fingerprint density at radius 3 is 2.91 bits per heavy atom. The Morgan fingerprint density at radius 1 is 1.82 bits per heavy atom. The third kappa shape index (κ3) is 1.68. The quantitative estimate of drug-likeness (QED) is 0.410. The summed E-state index contributed by atoms with van der Waals surface area (Å²) >= 11 is 1.69. The molecule has 0 bridgehead atoms. The van der Waals surface area contributed by atoms with E-state index in [9.17, 15) is 0 Å². The van der Waals surface area contributed by atoms with Crippen LogP contribution >= 0.6 is 11.3 Å². The molecular formula is C8H12N2S. The summed E-state index contributed by atoms with van der Waals surface area (Å²) in [7, 11) is 0. The molecule has 1 aromatic heterocycles. The van der Waals surface area contributed by atoms with Crippen molar-refractivity contribution in [3.05, 3.63) is 34.5 Å². The molecule has 0 fully saturated rings. The molecule has 0 aliphatic rings. The van der Waals surface area contributed by atoms with Gasteiger partial charge < -0.3 is 0 Å². The van der Waals surface area contributed by atoms with Gasteiger partial charge in [0, 0.05) is 4.88 Å². The monoisotopic (exact) mass is 168 g/mol. The Labute approximate surface area is 70.7 Å². The van der Waals surface area contributed by atoms with Crippen molar-refractivity contribution in [2.45, 2.75) is 13.0 Å². The summed E-state index contributed by atoms with van der Waals surface area (Å²) in [6.07, 6.45) is 1.80. The molecule has 1 rings (SSSR count). The van der Waals surface area contributed by atoms with E-state index in [1.807, 2.05) is 0 Å². The number of rotatable bonds is 3. The smallest absolute Gasteiger partial charge is 0.0733 e. The fourth-order valence-electron chi connectivity index (χ4n) is 0.954. The average Bonchev–Trinajstić information content (AvgIpc) is 2.40. The van der Waals surface area contributed by atoms with Gasteiger partial charge in [-0.3, -0.25) is 5.84 Å². The summed E-state index contributed by atoms with van der Waals surface area (Å²) in [5.41, 5.74) is 3.95. The summed E-state index contributed by atoms with van der Waals surface area (Å²) in [4.78, 5) is 1.24. The lowest BCUT2D eigenvalue weighted by Crippen LogP contribution is -2.26. The number of hydrogen-bond acceptors (Lipinski definition) is 3. The van der Waals surface area contributed by atoms with Gasteiger partial charge in [0.05, 0.1) is 6.04 Å². The van der Waals surface area contributed by atoms with Gasteiger partial charge >= 0.3 is 0 Å². The number of thiophene rings is 1. The Hall–Kier alpha value is -0.640. The molecule has 0 amide bonds. The standard InChI is InChI=1S/C8H12N2S/c1-3-7(10-9)8-6(2)4-5-11-8/h3-5,7,10H,1,9H2,2H3. The third-order valence-electron chi connectivity index (χ3n) is 1.60. The minimum absolute atomic E-state index is 0.0926. The van der Waals surface area contributed by atoms with Crippen LogP contribution in [-0.4, -0.2) is 0 Å². The van der Waals surface area contributed by atoms with E-state index in [4.69, 9.17) is 5.84 Å². The number of aryl methyl sites for hydroxylation is 1. The van der Waals surface area contributed by atoms with E-state index in [0.717, 1.165) is 0 Å². The summed E-state index contributed by atoms with van der Waals surface area (Å²) in [6.45, 7) is 5.76. The molecule has 0 radical (unpaired) electrons. The predicted octanol–water partition coefficient (Wildman–Crippen LogP) is 1.75. The summed E-state index contributed by atoms with van der Waals surface area (Å²) in [6, 6.07) is 2.17. The number of hydrogen-bond donors (Lipinski definition) is 2. The molecule has 11 heavy (non-hydrogen) atoms. The van der Waals surface area contributed by atoms with E-state index >= 15 is 0 Å². The lowest BCUT2D eigenvalue weighted by molar-refractivity contribution is 0.664. The molecule has 0 spiro atoms. The van der Waals surface area contributed by atoms with Crippen LogP contribution in [0, 0.1) is 6.92 Å². The molecular weight excluding hydrogens is 156 g/mol. The molecule has 1 heterocycles. The summed E-state index contributed by atoms with van der Waals surface area (Å²) in [5.74, 6) is 5.33. The fraction of sp³-hybridized carbons (Fsp3) is 0.250. The molecule has 0 aliphatic heterocycles. The maximum absolute atomic E-state index is 5.33. The number of nitrogens with one attached hydrogen (secondary N) is 1. The highest BCUT2D eigenvalue weighted by Crippen LogP contribution is 2.23. The largest absolute Gasteiger partial charge is 0.271 e. The zero-order valence-electron chi connectivity index (χ0n) is 6.50. The van der Waals surface area contributed by atoms with Gasteiger partial charge in [-0.1, -0.05) is 6.08 Å². The van der Waals surface area contributed by atoms with E-state index in [-0.39, 0.29) is 6.04 Å². The van der Waals surface area contributed by atoms with Crippen molar-refractivity contribution in [3.63, 3.8) is 0 Å². The molecule has 0 aliphatic carbocycles. The Bertz CT molecular complexity index is 242. The second-order valence-corrected chi connectivity index (χ2v) is 3.30. The van der Waals surface area contributed by atoms with Gasteiger partial charge in [-0.2, -0.15) is 0 Å². The fourth-order valence-corrected chi connectivity index (χ4v) is 1.94. The van der Waals surface area contributed by atoms with Crippen LogP contribution in [-0.2, 0) is 0 Å². The molecule has 1 aromatic rings. The SMILES string of the molecule is C=CC(NN)c1sccc1C. The van der Waals surface area contributed by atoms with Crippen LogP contribution in [0.2, 0.25) is 0 Å². The highest BCUT2D eigenvalue weighted by Gasteiger charge is 2.08. The first-order chi connectivity index (χ1) is 5.29. The normalized spacial score (nSPS) is 12.9. The summed E-state index contributed by atoms with van der Waals surface area (Å²) in [5, 5.41) is 2.05. The van der Waals surface area contributed by atoms with Crippen LogP contribution in [0.25, 0.3) is 0 Å². The molecule has 0 aromatic carbocycles. The second-order valence-electron chi connectivity index (χ2n) is 2.35. The minimum atomic E-state index is 0.0926. The van der Waals surface area contributed by atoms with Crippen molar-refractivity contribution in [3.8, 4) is 0 Å². The molecule has 0 saturated carbocycles. The van der Waals surface area contributed by atoms with Gasteiger partial charge in [0.1, 0.15) is 0 Å². The lowest BCUT2D eigenvalue weighted by Gasteiger charge is -2.09. The van der Waals surface area contributed by atoms with Crippen LogP contribution in [0.3, 0.4) is 0 Å². The van der Waals surface area contributed by atoms with E-state index in [0.29, 0.717) is 0 Å². The highest BCUT2D eigenvalue weighted by atomic mass is 32.1. The van der Waals surface area contributed by atoms with Gasteiger partial charge in [0.25, 0.3) is 0 Å². The summed E-state index contributed by atoms with van der Waals surface area (Å²) < 4.78 is 0. The molecule has 1 atom stereocenters. The van der Waals surface area contributed by atoms with Crippen LogP contribution in [0.1, 0.15) is 16.5 Å². The maximum atomic E-state index is 5.33. The molecule has 3 heteroatoms. The van der Waals surface area contributed by atoms with Crippen molar-refractivity contribution in [2.24, 2.45) is 5.84 Å². The van der Waals surface area contributed by atoms with Crippen molar-refractivity contribution < 1.29 is 0 Å². The van der Waals surface area contributed by atoms with Crippen LogP contribution < -0.4 is 11.3 Å². The third-order valence-corrected chi connectivity index (χ3v) is 2.70. The second kappa shape index (κ2) is 3.67. The molecule has 60 valence electrons. The van der Waals surface area contributed by atoms with E-state index in [1.54, 1.807) is 17.4 Å². The van der Waals surface area contributed by atoms with Crippen molar-refractivity contribution in [1.82, 2.24) is 5.43 Å². The molecule has 3 N–H and O–H groups in total. The van der Waals surface area contributed by atoms with Gasteiger partial charge in [-0.25, -0.2) is 5.43 Å². The number of hydrazine groups is 1. The molecule has 2 nitrogen and oxygen atoms in total. The Balaban J connectivity index is 2.89. The average molecular weight is 168 g/mol. The van der Waals surface area contributed by atoms with E-state index in [1.165, 1.54) is 10.4 Å². The zero-order chi connectivity index (χ0) is 8.27. The van der Waals surface area contributed by atoms with Crippen LogP contribution in [0.4, 0.5) is 0 Å². The van der Waals surface area contributed by atoms with Crippen LogP contribution in [0.5, 0.6) is 0 Å². The zero-order valence-corrected chi connectivity index (χ0v) is 7.32. The van der Waals surface area contributed by atoms with Gasteiger partial charge in [0.15, 0.2) is 0 Å². The minimum Gasteiger partial charge on any atom is -0.271 e. The van der Waals surface area contributed by atoms with Gasteiger partial charge in [-0.05, 0) is 23.9 Å². The maximum Gasteiger partial charge on any atom is 0.0733 e. The van der Waals surface area contributed by atoms with E-state index < -0.39 is 0 Å². The molecule has 1 unspecified atom stereocenters. The number of nitrogens with two attached hydrogens (primary N) is 1.